The molecule has 2 nitrogen and oxygen atoms in total. The average molecular weight is 319 g/mol. The van der Waals surface area contributed by atoms with Gasteiger partial charge in [-0.25, -0.2) is 0 Å². The lowest BCUT2D eigenvalue weighted by molar-refractivity contribution is -0.117. The zero-order valence-electron chi connectivity index (χ0n) is 14.3. The molecule has 0 saturated carbocycles. The molecule has 2 aromatic carbocycles. The van der Waals surface area contributed by atoms with Crippen molar-refractivity contribution in [3.63, 3.8) is 0 Å². The van der Waals surface area contributed by atoms with Crippen LogP contribution in [0.3, 0.4) is 0 Å². The molecule has 3 unspecified atom stereocenters. The molecule has 0 radical (unpaired) electrons. The van der Waals surface area contributed by atoms with Crippen LogP contribution in [0, 0.1) is 11.8 Å². The maximum Gasteiger partial charge on any atom is 0.131 e. The first-order chi connectivity index (χ1) is 11.7. The van der Waals surface area contributed by atoms with Gasteiger partial charge < -0.3 is 4.90 Å². The Labute approximate surface area is 144 Å². The molecule has 0 N–H and O–H groups in total. The molecule has 1 saturated heterocycles. The molecule has 2 aromatic rings. The van der Waals surface area contributed by atoms with Crippen molar-refractivity contribution >= 4 is 5.78 Å². The highest BCUT2D eigenvalue weighted by Gasteiger charge is 2.42. The summed E-state index contributed by atoms with van der Waals surface area (Å²) in [7, 11) is 0. The van der Waals surface area contributed by atoms with Crippen LogP contribution in [0.1, 0.15) is 36.0 Å². The highest BCUT2D eigenvalue weighted by atomic mass is 16.1. The fourth-order valence-electron chi connectivity index (χ4n) is 4.70. The van der Waals surface area contributed by atoms with E-state index in [2.05, 4.69) is 59.5 Å². The van der Waals surface area contributed by atoms with E-state index in [9.17, 15) is 4.79 Å². The van der Waals surface area contributed by atoms with E-state index in [1.165, 1.54) is 23.1 Å². The summed E-state index contributed by atoms with van der Waals surface area (Å²) in [6.45, 7) is 4.87. The number of hydrogen-bond donors (Lipinski definition) is 0. The van der Waals surface area contributed by atoms with Gasteiger partial charge in [-0.05, 0) is 41.9 Å². The monoisotopic (exact) mass is 319 g/mol. The van der Waals surface area contributed by atoms with Crippen molar-refractivity contribution in [3.05, 3.63) is 71.3 Å². The lowest BCUT2D eigenvalue weighted by Gasteiger charge is -2.35. The number of rotatable bonds is 4. The van der Waals surface area contributed by atoms with Crippen LogP contribution in [0.2, 0.25) is 0 Å². The van der Waals surface area contributed by atoms with Crippen LogP contribution >= 0.6 is 0 Å². The van der Waals surface area contributed by atoms with Crippen LogP contribution in [0.5, 0.6) is 0 Å². The first-order valence-electron chi connectivity index (χ1n) is 9.07. The number of likely N-dealkylation sites (tertiary alicyclic amines) is 1. The lowest BCUT2D eigenvalue weighted by Crippen LogP contribution is -2.29. The second-order valence-electron chi connectivity index (χ2n) is 7.43. The third kappa shape index (κ3) is 2.91. The fraction of sp³-hybridized carbons (Fsp3) is 0.409. The Kier molecular flexibility index (Phi) is 4.24. The number of Topliss-reactive ketones (excluding diaryl/α,β-unsaturated/α-hetero) is 1. The Bertz CT molecular complexity index is 724. The Morgan fingerprint density at radius 2 is 1.79 bits per heavy atom. The van der Waals surface area contributed by atoms with Gasteiger partial charge in [0.2, 0.25) is 0 Å². The highest BCUT2D eigenvalue weighted by Crippen LogP contribution is 2.46. The van der Waals surface area contributed by atoms with Crippen molar-refractivity contribution in [2.75, 3.05) is 19.6 Å². The van der Waals surface area contributed by atoms with Crippen LogP contribution in [-0.4, -0.2) is 30.3 Å². The van der Waals surface area contributed by atoms with Crippen LogP contribution in [-0.2, 0) is 11.2 Å². The number of carbonyl (C=O) groups excluding carboxylic acids is 1. The quantitative estimate of drug-likeness (QED) is 0.852. The zero-order valence-corrected chi connectivity index (χ0v) is 14.3. The third-order valence-corrected chi connectivity index (χ3v) is 5.81. The summed E-state index contributed by atoms with van der Waals surface area (Å²) in [5, 5.41) is 0. The average Bonchev–Trinajstić information content (AvgIpc) is 3.01. The third-order valence-electron chi connectivity index (χ3n) is 5.81. The molecule has 1 aliphatic heterocycles. The molecule has 0 bridgehead atoms. The van der Waals surface area contributed by atoms with Crippen molar-refractivity contribution < 1.29 is 4.79 Å². The van der Waals surface area contributed by atoms with E-state index < -0.39 is 0 Å². The van der Waals surface area contributed by atoms with E-state index >= 15 is 0 Å². The minimum absolute atomic E-state index is 0.299. The summed E-state index contributed by atoms with van der Waals surface area (Å²) < 4.78 is 0. The molecule has 124 valence electrons. The standard InChI is InChI=1S/C22H25NO/c1-16(24)11-12-23-14-19-13-18-9-5-6-10-20(18)22(21(19)15-23)17-7-3-2-4-8-17/h2-10,19,21-22H,11-15H2,1H3. The van der Waals surface area contributed by atoms with E-state index in [1.807, 2.05) is 0 Å². The maximum absolute atomic E-state index is 11.4. The minimum atomic E-state index is 0.299. The van der Waals surface area contributed by atoms with Crippen molar-refractivity contribution in [2.45, 2.75) is 25.7 Å². The molecule has 2 heteroatoms. The summed E-state index contributed by atoms with van der Waals surface area (Å²) >= 11 is 0. The molecule has 24 heavy (non-hydrogen) atoms. The van der Waals surface area contributed by atoms with Gasteiger partial charge in [0.05, 0.1) is 0 Å². The summed E-state index contributed by atoms with van der Waals surface area (Å²) in [6, 6.07) is 19.9. The van der Waals surface area contributed by atoms with Gasteiger partial charge in [0.25, 0.3) is 0 Å². The Balaban J connectivity index is 1.66. The molecular formula is C22H25NO. The molecule has 1 aliphatic carbocycles. The van der Waals surface area contributed by atoms with Crippen molar-refractivity contribution in [1.29, 1.82) is 0 Å². The van der Waals surface area contributed by atoms with Gasteiger partial charge in [-0.15, -0.1) is 0 Å². The Hall–Kier alpha value is -1.93. The van der Waals surface area contributed by atoms with Crippen LogP contribution in [0.15, 0.2) is 54.6 Å². The molecule has 1 fully saturated rings. The normalized spacial score (nSPS) is 26.0. The number of benzene rings is 2. The maximum atomic E-state index is 11.4. The molecule has 0 spiro atoms. The lowest BCUT2D eigenvalue weighted by atomic mass is 9.68. The van der Waals surface area contributed by atoms with Gasteiger partial charge in [0, 0.05) is 32.0 Å². The predicted octanol–water partition coefficient (Wildman–Crippen LogP) is 3.90. The van der Waals surface area contributed by atoms with Gasteiger partial charge >= 0.3 is 0 Å². The summed E-state index contributed by atoms with van der Waals surface area (Å²) in [6.07, 6.45) is 1.86. The van der Waals surface area contributed by atoms with E-state index in [-0.39, 0.29) is 0 Å². The van der Waals surface area contributed by atoms with Gasteiger partial charge in [-0.2, -0.15) is 0 Å². The first kappa shape index (κ1) is 15.6. The molecule has 2 aliphatic rings. The smallest absolute Gasteiger partial charge is 0.131 e. The highest BCUT2D eigenvalue weighted by molar-refractivity contribution is 5.75. The minimum Gasteiger partial charge on any atom is -0.302 e. The van der Waals surface area contributed by atoms with E-state index in [0.717, 1.165) is 19.6 Å². The van der Waals surface area contributed by atoms with Gasteiger partial charge in [-0.1, -0.05) is 54.6 Å². The van der Waals surface area contributed by atoms with Gasteiger partial charge in [-0.3, -0.25) is 4.79 Å². The first-order valence-corrected chi connectivity index (χ1v) is 9.07. The van der Waals surface area contributed by atoms with Crippen LogP contribution in [0.4, 0.5) is 0 Å². The summed E-state index contributed by atoms with van der Waals surface area (Å²) in [5.74, 6) is 2.16. The van der Waals surface area contributed by atoms with Crippen LogP contribution in [0.25, 0.3) is 0 Å². The molecule has 3 atom stereocenters. The number of ketones is 1. The summed E-state index contributed by atoms with van der Waals surface area (Å²) in [4.78, 5) is 13.9. The second-order valence-corrected chi connectivity index (χ2v) is 7.43. The Morgan fingerprint density at radius 1 is 1.04 bits per heavy atom. The molecule has 1 heterocycles. The largest absolute Gasteiger partial charge is 0.302 e. The molecule has 0 aromatic heterocycles. The molecule has 4 rings (SSSR count). The predicted molar refractivity (Wildman–Crippen MR) is 97.1 cm³/mol. The summed E-state index contributed by atoms with van der Waals surface area (Å²) in [5.41, 5.74) is 4.47. The number of hydrogen-bond acceptors (Lipinski definition) is 2. The van der Waals surface area contributed by atoms with Crippen molar-refractivity contribution in [2.24, 2.45) is 11.8 Å². The molecular weight excluding hydrogens is 294 g/mol. The van der Waals surface area contributed by atoms with E-state index in [4.69, 9.17) is 0 Å². The van der Waals surface area contributed by atoms with Gasteiger partial charge in [0.1, 0.15) is 5.78 Å². The number of nitrogens with zero attached hydrogens (tertiary/aromatic N) is 1. The Morgan fingerprint density at radius 3 is 2.58 bits per heavy atom. The van der Waals surface area contributed by atoms with Crippen molar-refractivity contribution in [1.82, 2.24) is 4.90 Å². The number of fused-ring (bicyclic) bond motifs is 2. The SMILES string of the molecule is CC(=O)CCN1CC2Cc3ccccc3C(c3ccccc3)C2C1. The fourth-order valence-corrected chi connectivity index (χ4v) is 4.70. The topological polar surface area (TPSA) is 20.3 Å². The zero-order chi connectivity index (χ0) is 16.5. The molecule has 0 amide bonds. The van der Waals surface area contributed by atoms with Crippen molar-refractivity contribution in [3.8, 4) is 0 Å². The second kappa shape index (κ2) is 6.52. The number of carbonyl (C=O) groups is 1. The van der Waals surface area contributed by atoms with Crippen LogP contribution < -0.4 is 0 Å². The van der Waals surface area contributed by atoms with E-state index in [0.29, 0.717) is 30.0 Å². The van der Waals surface area contributed by atoms with Gasteiger partial charge in [0.15, 0.2) is 0 Å². The van der Waals surface area contributed by atoms with E-state index in [1.54, 1.807) is 6.92 Å².